The van der Waals surface area contributed by atoms with Gasteiger partial charge in [0.05, 0.1) is 52.8 Å². The first-order valence-electron chi connectivity index (χ1n) is 16.9. The molecule has 1 aromatic rings. The molecule has 1 aliphatic rings. The number of aryl methyl sites for hydroxylation is 1. The van der Waals surface area contributed by atoms with Gasteiger partial charge in [-0.3, -0.25) is 23.0 Å². The lowest BCUT2D eigenvalue weighted by atomic mass is 10.1. The third-order valence-electron chi connectivity index (χ3n) is 7.87. The molecule has 0 radical (unpaired) electrons. The maximum atomic E-state index is 13.8. The summed E-state index contributed by atoms with van der Waals surface area (Å²) in [5, 5.41) is 12.9. The zero-order valence-corrected chi connectivity index (χ0v) is 30.0. The average Bonchev–Trinajstić information content (AvgIpc) is 3.54. The van der Waals surface area contributed by atoms with Crippen molar-refractivity contribution in [2.24, 2.45) is 4.99 Å². The molecule has 0 aromatic carbocycles. The maximum absolute atomic E-state index is 13.8. The van der Waals surface area contributed by atoms with E-state index in [4.69, 9.17) is 9.26 Å². The Kier molecular flexibility index (Phi) is 18.4. The van der Waals surface area contributed by atoms with E-state index in [1.807, 2.05) is 41.1 Å². The molecule has 0 saturated heterocycles. The standard InChI is InChI=1S/C33H56BF2N4O6P/c1-27-23-28(2)38-32(27)24-30-16-15-29(39(30)34(35)36)17-18-33(42)37-19-13-11-9-7-6-8-10-12-14-21-45-25-31(41)26-46-47(43,44)22-20-40(3,4)5/h15-16,23-24,31,41H,6-14,17-22,25-26H2,1-5H3,(H-,37,42,43,44)/p+1/b32-24-. The first-order chi connectivity index (χ1) is 22.2. The van der Waals surface area contributed by atoms with Crippen LogP contribution >= 0.6 is 7.60 Å². The van der Waals surface area contributed by atoms with Gasteiger partial charge >= 0.3 is 15.0 Å². The molecule has 10 nitrogen and oxygen atoms in total. The van der Waals surface area contributed by atoms with Gasteiger partial charge in [0.1, 0.15) is 6.10 Å². The Labute approximate surface area is 280 Å². The number of unbranched alkanes of at least 4 members (excludes halogenated alkanes) is 8. The van der Waals surface area contributed by atoms with Crippen LogP contribution in [0, 0.1) is 0 Å². The van der Waals surface area contributed by atoms with Gasteiger partial charge in [-0.2, -0.15) is 0 Å². The topological polar surface area (TPSA) is 122 Å². The molecule has 1 aliphatic heterocycles. The number of halogens is 2. The Morgan fingerprint density at radius 1 is 1.06 bits per heavy atom. The number of aromatic nitrogens is 1. The first kappa shape index (κ1) is 41.0. The van der Waals surface area contributed by atoms with E-state index >= 15 is 0 Å². The smallest absolute Gasteiger partial charge is 0.388 e. The number of nitrogens with zero attached hydrogens (tertiary/aromatic N) is 3. The van der Waals surface area contributed by atoms with Crippen molar-refractivity contribution < 1.29 is 41.7 Å². The van der Waals surface area contributed by atoms with Crippen LogP contribution in [-0.2, 0) is 25.0 Å². The van der Waals surface area contributed by atoms with Crippen LogP contribution in [0.1, 0.15) is 89.4 Å². The minimum atomic E-state index is -3.71. The van der Waals surface area contributed by atoms with E-state index in [2.05, 4.69) is 10.3 Å². The highest BCUT2D eigenvalue weighted by Gasteiger charge is 2.25. The number of carbonyl (C=O) groups is 1. The highest BCUT2D eigenvalue weighted by molar-refractivity contribution is 7.52. The summed E-state index contributed by atoms with van der Waals surface area (Å²) in [5.41, 5.74) is 3.27. The number of hydrogen-bond acceptors (Lipinski definition) is 6. The molecular weight excluding hydrogens is 628 g/mol. The lowest BCUT2D eigenvalue weighted by molar-refractivity contribution is -0.867. The summed E-state index contributed by atoms with van der Waals surface area (Å²) in [7, 11) is -0.607. The molecule has 2 atom stereocenters. The van der Waals surface area contributed by atoms with Crippen LogP contribution < -0.4 is 5.32 Å². The van der Waals surface area contributed by atoms with Gasteiger partial charge in [0.15, 0.2) is 0 Å². The van der Waals surface area contributed by atoms with Gasteiger partial charge < -0.3 is 33.5 Å². The van der Waals surface area contributed by atoms with Gasteiger partial charge in [0, 0.05) is 36.7 Å². The summed E-state index contributed by atoms with van der Waals surface area (Å²) in [6.07, 6.45) is 12.6. The number of nitrogens with one attached hydrogen (secondary N) is 1. The van der Waals surface area contributed by atoms with Crippen LogP contribution in [0.3, 0.4) is 0 Å². The number of ether oxygens (including phenoxy) is 1. The van der Waals surface area contributed by atoms with Gasteiger partial charge in [-0.05, 0) is 63.0 Å². The number of aliphatic imine (C=N–C) groups is 1. The Morgan fingerprint density at radius 3 is 2.30 bits per heavy atom. The van der Waals surface area contributed by atoms with Gasteiger partial charge in [-0.25, -0.2) is 0 Å². The molecule has 14 heteroatoms. The molecular formula is C33H57BF2N4O6P+. The molecule has 2 rings (SSSR count). The number of amides is 1. The van der Waals surface area contributed by atoms with E-state index in [-0.39, 0.29) is 38.1 Å². The third kappa shape index (κ3) is 17.7. The summed E-state index contributed by atoms with van der Waals surface area (Å²) < 4.78 is 51.8. The van der Waals surface area contributed by atoms with E-state index in [1.165, 1.54) is 0 Å². The summed E-state index contributed by atoms with van der Waals surface area (Å²) in [6, 6.07) is 3.31. The van der Waals surface area contributed by atoms with Crippen molar-refractivity contribution in [1.29, 1.82) is 0 Å². The van der Waals surface area contributed by atoms with Gasteiger partial charge in [-0.1, -0.05) is 44.9 Å². The summed E-state index contributed by atoms with van der Waals surface area (Å²) in [6.45, 7) is 5.26. The second kappa shape index (κ2) is 21.1. The van der Waals surface area contributed by atoms with Gasteiger partial charge in [0.2, 0.25) is 5.91 Å². The highest BCUT2D eigenvalue weighted by atomic mass is 31.2. The average molecular weight is 686 g/mol. The predicted octanol–water partition coefficient (Wildman–Crippen LogP) is 5.87. The van der Waals surface area contributed by atoms with Gasteiger partial charge in [0.25, 0.3) is 0 Å². The first-order valence-corrected chi connectivity index (χ1v) is 18.7. The Morgan fingerprint density at radius 2 is 1.70 bits per heavy atom. The molecule has 1 amide bonds. The van der Waals surface area contributed by atoms with Crippen LogP contribution in [0.5, 0.6) is 0 Å². The SMILES string of the molecule is CC1=CC(C)=N/C1=C\c1ccc(CCC(=O)NCCCCCCCCCCCOCC(O)COP(=O)(O)CC[N+](C)(C)C)n1B(F)F. The maximum Gasteiger partial charge on any atom is 0.677 e. The largest absolute Gasteiger partial charge is 0.677 e. The molecule has 3 N–H and O–H groups in total. The number of aliphatic hydroxyl groups is 1. The van der Waals surface area contributed by atoms with E-state index in [1.54, 1.807) is 18.2 Å². The quantitative estimate of drug-likeness (QED) is 0.0513. The number of allylic oxidation sites excluding steroid dienone is 2. The lowest BCUT2D eigenvalue weighted by Crippen LogP contribution is -2.37. The summed E-state index contributed by atoms with van der Waals surface area (Å²) in [5.74, 6) is -0.129. The Balaban J connectivity index is 1.45. The number of rotatable bonds is 25. The van der Waals surface area contributed by atoms with E-state index < -0.39 is 21.1 Å². The van der Waals surface area contributed by atoms with Crippen LogP contribution in [0.4, 0.5) is 8.63 Å². The second-order valence-electron chi connectivity index (χ2n) is 13.4. The Bertz CT molecular complexity index is 1250. The van der Waals surface area contributed by atoms with Crippen molar-refractivity contribution in [1.82, 2.24) is 9.79 Å². The number of carbonyl (C=O) groups excluding carboxylic acids is 1. The molecule has 0 spiro atoms. The Hall–Kier alpha value is -2.15. The molecule has 0 aliphatic carbocycles. The molecule has 266 valence electrons. The zero-order valence-electron chi connectivity index (χ0n) is 29.1. The highest BCUT2D eigenvalue weighted by Crippen LogP contribution is 2.41. The van der Waals surface area contributed by atoms with E-state index in [0.29, 0.717) is 41.3 Å². The van der Waals surface area contributed by atoms with Crippen LogP contribution in [0.2, 0.25) is 0 Å². The predicted molar refractivity (Wildman–Crippen MR) is 186 cm³/mol. The van der Waals surface area contributed by atoms with Crippen molar-refractivity contribution in [3.8, 4) is 0 Å². The molecule has 1 aromatic heterocycles. The molecule has 2 unspecified atom stereocenters. The normalized spacial score (nSPS) is 16.2. The van der Waals surface area contributed by atoms with E-state index in [9.17, 15) is 28.0 Å². The number of hydrogen-bond donors (Lipinski definition) is 3. The van der Waals surface area contributed by atoms with Crippen molar-refractivity contribution in [2.75, 3.05) is 60.2 Å². The van der Waals surface area contributed by atoms with Crippen LogP contribution in [0.25, 0.3) is 6.08 Å². The van der Waals surface area contributed by atoms with Crippen LogP contribution in [0.15, 0.2) is 34.5 Å². The number of aliphatic hydroxyl groups excluding tert-OH is 1. The van der Waals surface area contributed by atoms with Crippen LogP contribution in [-0.4, -0.2) is 104 Å². The van der Waals surface area contributed by atoms with Crippen molar-refractivity contribution in [2.45, 2.75) is 90.6 Å². The van der Waals surface area contributed by atoms with Crippen molar-refractivity contribution in [3.05, 3.63) is 40.9 Å². The van der Waals surface area contributed by atoms with Crippen molar-refractivity contribution in [3.63, 3.8) is 0 Å². The fourth-order valence-electron chi connectivity index (χ4n) is 5.14. The monoisotopic (exact) mass is 685 g/mol. The zero-order chi connectivity index (χ0) is 34.9. The molecule has 0 bridgehead atoms. The van der Waals surface area contributed by atoms with E-state index in [0.717, 1.165) is 73.6 Å². The molecule has 0 fully saturated rings. The van der Waals surface area contributed by atoms with Crippen molar-refractivity contribution >= 4 is 32.7 Å². The van der Waals surface area contributed by atoms with Gasteiger partial charge in [-0.15, -0.1) is 0 Å². The second-order valence-corrected chi connectivity index (χ2v) is 15.4. The summed E-state index contributed by atoms with van der Waals surface area (Å²) in [4.78, 5) is 26.6. The minimum absolute atomic E-state index is 0.0446. The lowest BCUT2D eigenvalue weighted by Gasteiger charge is -2.25. The molecule has 0 saturated carbocycles. The molecule has 2 heterocycles. The molecule has 47 heavy (non-hydrogen) atoms. The number of quaternary nitrogens is 1. The fraction of sp³-hybridized carbons (Fsp3) is 0.697. The summed E-state index contributed by atoms with van der Waals surface area (Å²) >= 11 is 0. The fourth-order valence-corrected chi connectivity index (χ4v) is 6.52. The minimum Gasteiger partial charge on any atom is -0.388 e. The third-order valence-corrected chi connectivity index (χ3v) is 9.19.